The number of rotatable bonds is 6. The summed E-state index contributed by atoms with van der Waals surface area (Å²) in [5, 5.41) is 17.8. The first-order valence-corrected chi connectivity index (χ1v) is 9.34. The molecule has 3 rings (SSSR count). The van der Waals surface area contributed by atoms with Crippen LogP contribution in [0.25, 0.3) is 5.65 Å². The van der Waals surface area contributed by atoms with Crippen molar-refractivity contribution in [3.8, 4) is 0 Å². The highest BCUT2D eigenvalue weighted by atomic mass is 16.3. The Balaban J connectivity index is 1.93. The molecule has 28 heavy (non-hydrogen) atoms. The molecule has 0 saturated heterocycles. The van der Waals surface area contributed by atoms with Crippen LogP contribution in [-0.2, 0) is 6.54 Å². The van der Waals surface area contributed by atoms with Crippen molar-refractivity contribution < 1.29 is 9.90 Å². The van der Waals surface area contributed by atoms with Crippen LogP contribution in [-0.4, -0.2) is 33.7 Å². The summed E-state index contributed by atoms with van der Waals surface area (Å²) < 4.78 is 1.98. The smallest absolute Gasteiger partial charge is 0.319 e. The molecule has 0 atom stereocenters. The summed E-state index contributed by atoms with van der Waals surface area (Å²) >= 11 is 0. The summed E-state index contributed by atoms with van der Waals surface area (Å²) in [6.45, 7) is 8.95. The van der Waals surface area contributed by atoms with E-state index in [-0.39, 0.29) is 19.2 Å². The Bertz CT molecular complexity index is 989. The van der Waals surface area contributed by atoms with E-state index in [1.807, 2.05) is 30.5 Å². The summed E-state index contributed by atoms with van der Waals surface area (Å²) in [6.07, 6.45) is 1.85. The van der Waals surface area contributed by atoms with Crippen LogP contribution < -0.4 is 16.0 Å². The SMILES string of the molecule is Cc1cccc(C)c1CNc1cc(NC(=O)NCCO)cn2c(C)c(C)nc12. The Morgan fingerprint density at radius 1 is 1.18 bits per heavy atom. The average Bonchev–Trinajstić information content (AvgIpc) is 2.94. The number of benzene rings is 1. The molecular formula is C21H27N5O2. The molecule has 3 aromatic rings. The zero-order valence-corrected chi connectivity index (χ0v) is 16.8. The second-order valence-corrected chi connectivity index (χ2v) is 6.95. The normalized spacial score (nSPS) is 10.9. The van der Waals surface area contributed by atoms with Crippen LogP contribution in [0, 0.1) is 27.7 Å². The van der Waals surface area contributed by atoms with E-state index in [1.54, 1.807) is 0 Å². The molecule has 0 saturated carbocycles. The van der Waals surface area contributed by atoms with Crippen molar-refractivity contribution in [2.75, 3.05) is 23.8 Å². The average molecular weight is 381 g/mol. The van der Waals surface area contributed by atoms with E-state index in [1.165, 1.54) is 16.7 Å². The maximum absolute atomic E-state index is 12.0. The van der Waals surface area contributed by atoms with Gasteiger partial charge in [-0.15, -0.1) is 0 Å². The van der Waals surface area contributed by atoms with Crippen molar-refractivity contribution in [3.63, 3.8) is 0 Å². The van der Waals surface area contributed by atoms with E-state index in [2.05, 4.69) is 53.0 Å². The van der Waals surface area contributed by atoms with Crippen molar-refractivity contribution in [1.29, 1.82) is 0 Å². The molecule has 0 aliphatic heterocycles. The zero-order chi connectivity index (χ0) is 20.3. The van der Waals surface area contributed by atoms with E-state index in [9.17, 15) is 4.79 Å². The molecule has 0 radical (unpaired) electrons. The lowest BCUT2D eigenvalue weighted by atomic mass is 10.0. The molecule has 148 valence electrons. The van der Waals surface area contributed by atoms with Crippen LogP contribution in [0.2, 0.25) is 0 Å². The minimum absolute atomic E-state index is 0.102. The fourth-order valence-corrected chi connectivity index (χ4v) is 3.23. The Hall–Kier alpha value is -3.06. The van der Waals surface area contributed by atoms with Gasteiger partial charge < -0.3 is 25.5 Å². The summed E-state index contributed by atoms with van der Waals surface area (Å²) in [6, 6.07) is 7.79. The number of aliphatic hydroxyl groups excluding tert-OH is 1. The maximum atomic E-state index is 12.0. The van der Waals surface area contributed by atoms with E-state index in [4.69, 9.17) is 5.11 Å². The van der Waals surface area contributed by atoms with Gasteiger partial charge in [0.2, 0.25) is 0 Å². The van der Waals surface area contributed by atoms with Crippen LogP contribution in [0.4, 0.5) is 16.2 Å². The van der Waals surface area contributed by atoms with Crippen LogP contribution in [0.3, 0.4) is 0 Å². The number of anilines is 2. The van der Waals surface area contributed by atoms with Gasteiger partial charge in [-0.05, 0) is 50.5 Å². The highest BCUT2D eigenvalue weighted by Gasteiger charge is 2.13. The lowest BCUT2D eigenvalue weighted by Crippen LogP contribution is -2.31. The van der Waals surface area contributed by atoms with Gasteiger partial charge in [-0.1, -0.05) is 18.2 Å². The molecule has 0 spiro atoms. The number of fused-ring (bicyclic) bond motifs is 1. The number of aromatic nitrogens is 2. The number of nitrogens with one attached hydrogen (secondary N) is 3. The summed E-state index contributed by atoms with van der Waals surface area (Å²) in [7, 11) is 0. The third-order valence-electron chi connectivity index (χ3n) is 4.95. The number of amides is 2. The lowest BCUT2D eigenvalue weighted by molar-refractivity contribution is 0.245. The lowest BCUT2D eigenvalue weighted by Gasteiger charge is -2.15. The molecule has 0 aliphatic rings. The molecular weight excluding hydrogens is 354 g/mol. The first-order chi connectivity index (χ1) is 13.4. The van der Waals surface area contributed by atoms with Crippen molar-refractivity contribution >= 4 is 23.1 Å². The Labute approximate surface area is 164 Å². The second-order valence-electron chi connectivity index (χ2n) is 6.95. The van der Waals surface area contributed by atoms with Gasteiger partial charge in [-0.2, -0.15) is 0 Å². The number of aryl methyl sites for hydroxylation is 4. The van der Waals surface area contributed by atoms with Gasteiger partial charge in [-0.3, -0.25) is 0 Å². The van der Waals surface area contributed by atoms with Gasteiger partial charge in [0.1, 0.15) is 0 Å². The quantitative estimate of drug-likeness (QED) is 0.527. The van der Waals surface area contributed by atoms with Crippen LogP contribution >= 0.6 is 0 Å². The van der Waals surface area contributed by atoms with Gasteiger partial charge in [0.05, 0.1) is 23.7 Å². The molecule has 2 heterocycles. The number of carbonyl (C=O) groups is 1. The van der Waals surface area contributed by atoms with E-state index in [0.29, 0.717) is 12.2 Å². The standard InChI is InChI=1S/C21H27N5O2/c1-13-6-5-7-14(2)18(13)11-23-19-10-17(25-21(28)22-8-9-27)12-26-16(4)15(3)24-20(19)26/h5-7,10,12,23,27H,8-9,11H2,1-4H3,(H2,22,25,28). The molecule has 2 aromatic heterocycles. The number of carbonyl (C=O) groups excluding carboxylic acids is 1. The minimum atomic E-state index is -0.358. The van der Waals surface area contributed by atoms with Crippen molar-refractivity contribution in [2.24, 2.45) is 0 Å². The predicted octanol–water partition coefficient (Wildman–Crippen LogP) is 3.29. The maximum Gasteiger partial charge on any atom is 0.319 e. The Morgan fingerprint density at radius 3 is 2.57 bits per heavy atom. The minimum Gasteiger partial charge on any atom is -0.395 e. The highest BCUT2D eigenvalue weighted by Crippen LogP contribution is 2.25. The highest BCUT2D eigenvalue weighted by molar-refractivity contribution is 5.90. The summed E-state index contributed by atoms with van der Waals surface area (Å²) in [4.78, 5) is 16.7. The van der Waals surface area contributed by atoms with Gasteiger partial charge in [0.15, 0.2) is 5.65 Å². The van der Waals surface area contributed by atoms with E-state index >= 15 is 0 Å². The number of hydrogen-bond donors (Lipinski definition) is 4. The number of imidazole rings is 1. The van der Waals surface area contributed by atoms with Gasteiger partial charge >= 0.3 is 6.03 Å². The molecule has 4 N–H and O–H groups in total. The summed E-state index contributed by atoms with van der Waals surface area (Å²) in [5.74, 6) is 0. The van der Waals surface area contributed by atoms with Crippen LogP contribution in [0.15, 0.2) is 30.5 Å². The number of aliphatic hydroxyl groups is 1. The van der Waals surface area contributed by atoms with Crippen molar-refractivity contribution in [2.45, 2.75) is 34.2 Å². The predicted molar refractivity (Wildman–Crippen MR) is 112 cm³/mol. The number of nitrogens with zero attached hydrogens (tertiary/aromatic N) is 2. The van der Waals surface area contributed by atoms with Gasteiger partial charge in [-0.25, -0.2) is 9.78 Å². The molecule has 2 amide bonds. The van der Waals surface area contributed by atoms with E-state index < -0.39 is 0 Å². The Morgan fingerprint density at radius 2 is 1.89 bits per heavy atom. The number of pyridine rings is 1. The van der Waals surface area contributed by atoms with Crippen LogP contribution in [0.5, 0.6) is 0 Å². The topological polar surface area (TPSA) is 90.7 Å². The molecule has 7 heteroatoms. The van der Waals surface area contributed by atoms with Gasteiger partial charge in [0.25, 0.3) is 0 Å². The van der Waals surface area contributed by atoms with Crippen molar-refractivity contribution in [1.82, 2.24) is 14.7 Å². The van der Waals surface area contributed by atoms with Crippen LogP contribution in [0.1, 0.15) is 28.1 Å². The first kappa shape index (κ1) is 19.7. The largest absolute Gasteiger partial charge is 0.395 e. The molecule has 0 aliphatic carbocycles. The second kappa shape index (κ2) is 8.31. The third-order valence-corrected chi connectivity index (χ3v) is 4.95. The van der Waals surface area contributed by atoms with Gasteiger partial charge in [0, 0.05) is 25.0 Å². The Kier molecular flexibility index (Phi) is 5.84. The zero-order valence-electron chi connectivity index (χ0n) is 16.8. The molecule has 0 fully saturated rings. The monoisotopic (exact) mass is 381 g/mol. The number of hydrogen-bond acceptors (Lipinski definition) is 4. The molecule has 1 aromatic carbocycles. The number of urea groups is 1. The molecule has 0 bridgehead atoms. The van der Waals surface area contributed by atoms with E-state index in [0.717, 1.165) is 22.7 Å². The summed E-state index contributed by atoms with van der Waals surface area (Å²) in [5.41, 5.74) is 7.99. The van der Waals surface area contributed by atoms with Crippen molar-refractivity contribution in [3.05, 3.63) is 58.5 Å². The first-order valence-electron chi connectivity index (χ1n) is 9.34. The molecule has 7 nitrogen and oxygen atoms in total. The fourth-order valence-electron chi connectivity index (χ4n) is 3.23. The fraction of sp³-hybridized carbons (Fsp3) is 0.333. The third kappa shape index (κ3) is 4.09. The molecule has 0 unspecified atom stereocenters.